The van der Waals surface area contributed by atoms with Gasteiger partial charge in [0, 0.05) is 28.8 Å². The molecule has 0 spiro atoms. The number of fused-ring (bicyclic) bond motifs is 1. The van der Waals surface area contributed by atoms with Crippen molar-refractivity contribution in [3.05, 3.63) is 86.4 Å². The van der Waals surface area contributed by atoms with E-state index in [0.717, 1.165) is 0 Å². The average Bonchev–Trinajstić information content (AvgIpc) is 2.59. The van der Waals surface area contributed by atoms with E-state index in [2.05, 4.69) is 4.99 Å². The van der Waals surface area contributed by atoms with Crippen LogP contribution in [-0.4, -0.2) is 22.3 Å². The zero-order chi connectivity index (χ0) is 17.3. The molecule has 0 fully saturated rings. The Morgan fingerprint density at radius 2 is 1.67 bits per heavy atom. The number of nitrogens with zero attached hydrogens (tertiary/aromatic N) is 2. The van der Waals surface area contributed by atoms with Gasteiger partial charge in [-0.25, -0.2) is 4.99 Å². The van der Waals surface area contributed by atoms with Gasteiger partial charge in [-0.3, -0.25) is 19.7 Å². The van der Waals surface area contributed by atoms with Crippen LogP contribution in [0.15, 0.2) is 64.6 Å². The van der Waals surface area contributed by atoms with E-state index in [0.29, 0.717) is 11.1 Å². The summed E-state index contributed by atoms with van der Waals surface area (Å²) < 4.78 is 0. The van der Waals surface area contributed by atoms with Crippen LogP contribution in [0.5, 0.6) is 0 Å². The summed E-state index contributed by atoms with van der Waals surface area (Å²) in [4.78, 5) is 38.4. The maximum absolute atomic E-state index is 12.3. The first-order valence-corrected chi connectivity index (χ1v) is 7.24. The number of rotatable bonds is 2. The number of hydrogen-bond donors (Lipinski definition) is 0. The van der Waals surface area contributed by atoms with Crippen LogP contribution in [0.1, 0.15) is 26.3 Å². The van der Waals surface area contributed by atoms with Crippen molar-refractivity contribution in [2.45, 2.75) is 0 Å². The highest BCUT2D eigenvalue weighted by Gasteiger charge is 2.23. The fourth-order valence-corrected chi connectivity index (χ4v) is 2.49. The number of aliphatic imine (C=N–C) groups is 1. The fraction of sp³-hybridized carbons (Fsp3) is 0. The van der Waals surface area contributed by atoms with Crippen LogP contribution in [0.25, 0.3) is 0 Å². The van der Waals surface area contributed by atoms with Gasteiger partial charge in [0.05, 0.1) is 15.7 Å². The number of halogens is 1. The number of Topliss-reactive ketones (excluding diaryl/α,β-unsaturated/α-hetero) is 1. The summed E-state index contributed by atoms with van der Waals surface area (Å²) >= 11 is 5.92. The summed E-state index contributed by atoms with van der Waals surface area (Å²) in [6, 6.07) is 11.8. The largest absolute Gasteiger partial charge is 0.288 e. The van der Waals surface area contributed by atoms with Crippen molar-refractivity contribution >= 4 is 34.7 Å². The molecular weight excluding hydrogens is 332 g/mol. The Morgan fingerprint density at radius 3 is 2.29 bits per heavy atom. The number of non-ortho nitro benzene ring substituents is 1. The van der Waals surface area contributed by atoms with Gasteiger partial charge in [0.2, 0.25) is 5.78 Å². The van der Waals surface area contributed by atoms with E-state index in [1.165, 1.54) is 30.3 Å². The number of amides is 1. The molecule has 1 amide bonds. The molecule has 0 saturated carbocycles. The van der Waals surface area contributed by atoms with Gasteiger partial charge < -0.3 is 0 Å². The zero-order valence-corrected chi connectivity index (χ0v) is 12.9. The molecule has 118 valence electrons. The number of carbonyl (C=O) groups excluding carboxylic acids is 2. The van der Waals surface area contributed by atoms with Gasteiger partial charge in [-0.15, -0.1) is 0 Å². The molecule has 6 nitrogen and oxygen atoms in total. The molecular formula is C17H9ClN2O4. The van der Waals surface area contributed by atoms with Gasteiger partial charge in [-0.1, -0.05) is 35.9 Å². The summed E-state index contributed by atoms with van der Waals surface area (Å²) in [5.74, 6) is -0.904. The number of carbonyl (C=O) groups is 2. The topological polar surface area (TPSA) is 89.6 Å². The smallest absolute Gasteiger partial charge is 0.277 e. The lowest BCUT2D eigenvalue weighted by Crippen LogP contribution is -2.16. The van der Waals surface area contributed by atoms with Crippen molar-refractivity contribution in [3.63, 3.8) is 0 Å². The van der Waals surface area contributed by atoms with Gasteiger partial charge in [0.15, 0.2) is 0 Å². The molecule has 3 rings (SSSR count). The van der Waals surface area contributed by atoms with Crippen LogP contribution in [0.4, 0.5) is 5.69 Å². The van der Waals surface area contributed by atoms with E-state index in [1.54, 1.807) is 24.3 Å². The summed E-state index contributed by atoms with van der Waals surface area (Å²) in [5, 5.41) is 10.6. The summed E-state index contributed by atoms with van der Waals surface area (Å²) in [6.45, 7) is 0. The molecule has 1 aliphatic rings. The first-order chi connectivity index (χ1) is 11.5. The fourth-order valence-electron chi connectivity index (χ4n) is 2.29. The van der Waals surface area contributed by atoms with Crippen LogP contribution in [-0.2, 0) is 0 Å². The van der Waals surface area contributed by atoms with Crippen LogP contribution >= 0.6 is 11.6 Å². The molecule has 0 aliphatic heterocycles. The van der Waals surface area contributed by atoms with Crippen molar-refractivity contribution < 1.29 is 14.5 Å². The minimum Gasteiger partial charge on any atom is -0.288 e. The molecule has 2 aromatic carbocycles. The highest BCUT2D eigenvalue weighted by Crippen LogP contribution is 2.24. The zero-order valence-electron chi connectivity index (χ0n) is 12.1. The van der Waals surface area contributed by atoms with Gasteiger partial charge in [0.25, 0.3) is 11.6 Å². The molecule has 0 heterocycles. The number of ketones is 1. The Labute approximate surface area is 141 Å². The third kappa shape index (κ3) is 2.87. The second kappa shape index (κ2) is 6.17. The normalized spacial score (nSPS) is 15.0. The number of hydrogen-bond acceptors (Lipinski definition) is 4. The Balaban J connectivity index is 1.99. The van der Waals surface area contributed by atoms with E-state index < -0.39 is 10.8 Å². The van der Waals surface area contributed by atoms with Gasteiger partial charge in [-0.05, 0) is 18.2 Å². The second-order valence-electron chi connectivity index (χ2n) is 4.97. The monoisotopic (exact) mass is 340 g/mol. The Kier molecular flexibility index (Phi) is 4.05. The van der Waals surface area contributed by atoms with E-state index >= 15 is 0 Å². The number of benzene rings is 2. The first-order valence-electron chi connectivity index (χ1n) is 6.86. The lowest BCUT2D eigenvalue weighted by molar-refractivity contribution is -0.384. The SMILES string of the molecule is O=C(N=C1C=C(Cl)C(=O)c2ccccc21)c1ccc([N+](=O)[O-])cc1. The van der Waals surface area contributed by atoms with Crippen molar-refractivity contribution in [2.24, 2.45) is 4.99 Å². The molecule has 0 N–H and O–H groups in total. The molecule has 0 bridgehead atoms. The second-order valence-corrected chi connectivity index (χ2v) is 5.38. The molecule has 0 unspecified atom stereocenters. The molecule has 0 atom stereocenters. The third-order valence-electron chi connectivity index (χ3n) is 3.48. The minimum absolute atomic E-state index is 0.0241. The van der Waals surface area contributed by atoms with E-state index in [1.807, 2.05) is 0 Å². The number of nitro benzene ring substituents is 1. The maximum atomic E-state index is 12.3. The van der Waals surface area contributed by atoms with E-state index in [4.69, 9.17) is 11.6 Å². The van der Waals surface area contributed by atoms with Crippen LogP contribution in [0, 0.1) is 10.1 Å². The number of allylic oxidation sites excluding steroid dienone is 2. The van der Waals surface area contributed by atoms with Crippen molar-refractivity contribution in [3.8, 4) is 0 Å². The van der Waals surface area contributed by atoms with E-state index in [-0.39, 0.29) is 27.8 Å². The molecule has 2 aromatic rings. The maximum Gasteiger partial charge on any atom is 0.277 e. The Bertz CT molecular complexity index is 930. The van der Waals surface area contributed by atoms with Crippen LogP contribution < -0.4 is 0 Å². The molecule has 7 heteroatoms. The Hall–Kier alpha value is -3.12. The molecule has 24 heavy (non-hydrogen) atoms. The molecule has 0 aromatic heterocycles. The predicted molar refractivity (Wildman–Crippen MR) is 88.7 cm³/mol. The minimum atomic E-state index is -0.579. The highest BCUT2D eigenvalue weighted by molar-refractivity contribution is 6.49. The van der Waals surface area contributed by atoms with Gasteiger partial charge in [0.1, 0.15) is 0 Å². The average molecular weight is 341 g/mol. The third-order valence-corrected chi connectivity index (χ3v) is 3.76. The van der Waals surface area contributed by atoms with E-state index in [9.17, 15) is 19.7 Å². The van der Waals surface area contributed by atoms with Gasteiger partial charge in [-0.2, -0.15) is 0 Å². The van der Waals surface area contributed by atoms with Crippen LogP contribution in [0.3, 0.4) is 0 Å². The lowest BCUT2D eigenvalue weighted by atomic mass is 9.94. The summed E-state index contributed by atoms with van der Waals surface area (Å²) in [7, 11) is 0. The van der Waals surface area contributed by atoms with Crippen molar-refractivity contribution in [1.82, 2.24) is 0 Å². The molecule has 0 saturated heterocycles. The summed E-state index contributed by atoms with van der Waals surface area (Å²) in [6.07, 6.45) is 1.34. The first kappa shape index (κ1) is 15.8. The lowest BCUT2D eigenvalue weighted by Gasteiger charge is -2.13. The molecule has 1 aliphatic carbocycles. The van der Waals surface area contributed by atoms with Crippen LogP contribution in [0.2, 0.25) is 0 Å². The Morgan fingerprint density at radius 1 is 1.04 bits per heavy atom. The van der Waals surface area contributed by atoms with Crippen molar-refractivity contribution in [1.29, 1.82) is 0 Å². The quantitative estimate of drug-likeness (QED) is 0.617. The molecule has 0 radical (unpaired) electrons. The predicted octanol–water partition coefficient (Wildman–Crippen LogP) is 3.54. The summed E-state index contributed by atoms with van der Waals surface area (Å²) in [5.41, 5.74) is 1.25. The van der Waals surface area contributed by atoms with Crippen molar-refractivity contribution in [2.75, 3.05) is 0 Å². The number of nitro groups is 1. The van der Waals surface area contributed by atoms with Gasteiger partial charge >= 0.3 is 0 Å². The standard InChI is InChI=1S/C17H9ClN2O4/c18-14-9-15(12-3-1-2-4-13(12)16(14)21)19-17(22)10-5-7-11(8-6-10)20(23)24/h1-9H. The highest BCUT2D eigenvalue weighted by atomic mass is 35.5.